The molecule has 0 saturated carbocycles. The minimum Gasteiger partial charge on any atom is -0.316 e. The minimum absolute atomic E-state index is 0. The first-order chi connectivity index (χ1) is 5.62. The van der Waals surface area contributed by atoms with Gasteiger partial charge in [-0.05, 0) is 34.6 Å². The van der Waals surface area contributed by atoms with Crippen molar-refractivity contribution in [3.8, 4) is 24.2 Å². The Bertz CT molecular complexity index is 227. The Hall–Kier alpha value is -0.670. The molecule has 82 valence electrons. The highest BCUT2D eigenvalue weighted by molar-refractivity contribution is 5.85. The molecule has 0 aliphatic heterocycles. The Balaban J connectivity index is -0.000000163. The fraction of sp³-hybridized carbons (Fsp3) is 0.636. The zero-order chi connectivity index (χ0) is 11.1. The smallest absolute Gasteiger partial charge is 0.0718 e. The molecular formula is C11H21ClN2. The Labute approximate surface area is 94.2 Å². The largest absolute Gasteiger partial charge is 0.316 e. The van der Waals surface area contributed by atoms with Gasteiger partial charge in [-0.3, -0.25) is 0 Å². The van der Waals surface area contributed by atoms with Crippen molar-refractivity contribution in [2.75, 3.05) is 0 Å². The first-order valence-corrected chi connectivity index (χ1v) is 4.12. The molecule has 0 radical (unpaired) electrons. The van der Waals surface area contributed by atoms with E-state index in [1.54, 1.807) is 20.8 Å². The van der Waals surface area contributed by atoms with Crippen molar-refractivity contribution < 1.29 is 0 Å². The summed E-state index contributed by atoms with van der Waals surface area (Å²) >= 11 is 0. The lowest BCUT2D eigenvalue weighted by Crippen LogP contribution is -2.29. The normalized spacial score (nSPS) is 9.29. The summed E-state index contributed by atoms with van der Waals surface area (Å²) in [5.74, 6) is 7.93. The second-order valence-corrected chi connectivity index (χ2v) is 3.96. The molecule has 0 aliphatic carbocycles. The van der Waals surface area contributed by atoms with Gasteiger partial charge in [-0.2, -0.15) is 0 Å². The summed E-state index contributed by atoms with van der Waals surface area (Å²) < 4.78 is 0. The second-order valence-electron chi connectivity index (χ2n) is 3.96. The van der Waals surface area contributed by atoms with Crippen LogP contribution in [0.1, 0.15) is 34.6 Å². The van der Waals surface area contributed by atoms with E-state index in [1.807, 2.05) is 13.8 Å². The van der Waals surface area contributed by atoms with Crippen LogP contribution >= 0.6 is 12.4 Å². The molecule has 0 amide bonds. The maximum Gasteiger partial charge on any atom is 0.0718 e. The van der Waals surface area contributed by atoms with Gasteiger partial charge >= 0.3 is 0 Å². The molecule has 0 fully saturated rings. The summed E-state index contributed by atoms with van der Waals surface area (Å²) in [6, 6.07) is 0. The zero-order valence-electron chi connectivity index (χ0n) is 9.64. The van der Waals surface area contributed by atoms with Crippen LogP contribution in [0.5, 0.6) is 0 Å². The Morgan fingerprint density at radius 1 is 1.00 bits per heavy atom. The molecule has 0 heterocycles. The van der Waals surface area contributed by atoms with Crippen molar-refractivity contribution in [3.63, 3.8) is 0 Å². The van der Waals surface area contributed by atoms with Crippen molar-refractivity contribution >= 4 is 12.4 Å². The van der Waals surface area contributed by atoms with Gasteiger partial charge in [0.15, 0.2) is 0 Å². The number of terminal acetylenes is 1. The average Bonchev–Trinajstić information content (AvgIpc) is 1.84. The number of rotatable bonds is 0. The zero-order valence-corrected chi connectivity index (χ0v) is 10.5. The molecule has 0 aromatic carbocycles. The van der Waals surface area contributed by atoms with Gasteiger partial charge in [-0.15, -0.1) is 24.8 Å². The highest BCUT2D eigenvalue weighted by Crippen LogP contribution is 1.90. The molecule has 0 rings (SSSR count). The van der Waals surface area contributed by atoms with Crippen LogP contribution in [0.2, 0.25) is 0 Å². The van der Waals surface area contributed by atoms with Crippen LogP contribution in [-0.4, -0.2) is 11.1 Å². The molecule has 3 heteroatoms. The van der Waals surface area contributed by atoms with Gasteiger partial charge in [0.25, 0.3) is 0 Å². The lowest BCUT2D eigenvalue weighted by atomic mass is 10.1. The van der Waals surface area contributed by atoms with Crippen LogP contribution in [0.15, 0.2) is 0 Å². The van der Waals surface area contributed by atoms with Crippen molar-refractivity contribution in [1.82, 2.24) is 0 Å². The van der Waals surface area contributed by atoms with Crippen molar-refractivity contribution in [3.05, 3.63) is 0 Å². The minimum atomic E-state index is -0.431. The highest BCUT2D eigenvalue weighted by atomic mass is 35.5. The van der Waals surface area contributed by atoms with E-state index in [4.69, 9.17) is 17.9 Å². The standard InChI is InChI=1S/C6H11N.C5H9N.ClH/c1-4-5-6(2,3)7;1-4-5(2,3)6;/h7H2,1-3H3;1H,6H2,2-3H3;1H. The molecule has 0 unspecified atom stereocenters. The molecule has 14 heavy (non-hydrogen) atoms. The molecule has 0 aromatic heterocycles. The van der Waals surface area contributed by atoms with Crippen LogP contribution in [-0.2, 0) is 0 Å². The number of hydrogen-bond donors (Lipinski definition) is 2. The van der Waals surface area contributed by atoms with E-state index in [9.17, 15) is 0 Å². The van der Waals surface area contributed by atoms with E-state index >= 15 is 0 Å². The SMILES string of the molecule is C#CC(C)(C)N.CC#CC(C)(C)N.Cl. The summed E-state index contributed by atoms with van der Waals surface area (Å²) in [6.45, 7) is 9.11. The van der Waals surface area contributed by atoms with Gasteiger partial charge in [-0.25, -0.2) is 0 Å². The highest BCUT2D eigenvalue weighted by Gasteiger charge is 2.01. The Morgan fingerprint density at radius 2 is 1.29 bits per heavy atom. The average molecular weight is 217 g/mol. The van der Waals surface area contributed by atoms with Crippen LogP contribution in [0.25, 0.3) is 0 Å². The molecule has 0 bridgehead atoms. The monoisotopic (exact) mass is 216 g/mol. The maximum absolute atomic E-state index is 5.47. The fourth-order valence-corrected chi connectivity index (χ4v) is 0.322. The van der Waals surface area contributed by atoms with Crippen molar-refractivity contribution in [1.29, 1.82) is 0 Å². The second kappa shape index (κ2) is 7.71. The van der Waals surface area contributed by atoms with Gasteiger partial charge in [0, 0.05) is 0 Å². The van der Waals surface area contributed by atoms with Gasteiger partial charge < -0.3 is 11.5 Å². The fourth-order valence-electron chi connectivity index (χ4n) is 0.322. The first-order valence-electron chi connectivity index (χ1n) is 4.12. The molecule has 0 atom stereocenters. The van der Waals surface area contributed by atoms with Crippen molar-refractivity contribution in [2.24, 2.45) is 11.5 Å². The summed E-state index contributed by atoms with van der Waals surface area (Å²) in [5, 5.41) is 0. The predicted molar refractivity (Wildman–Crippen MR) is 66.1 cm³/mol. The van der Waals surface area contributed by atoms with E-state index in [0.717, 1.165) is 0 Å². The third-order valence-electron chi connectivity index (χ3n) is 0.819. The summed E-state index contributed by atoms with van der Waals surface area (Å²) in [4.78, 5) is 0. The summed E-state index contributed by atoms with van der Waals surface area (Å²) in [7, 11) is 0. The van der Waals surface area contributed by atoms with E-state index in [1.165, 1.54) is 0 Å². The molecule has 0 saturated heterocycles. The number of hydrogen-bond acceptors (Lipinski definition) is 2. The predicted octanol–water partition coefficient (Wildman–Crippen LogP) is 1.53. The number of nitrogens with two attached hydrogens (primary N) is 2. The quantitative estimate of drug-likeness (QED) is 0.604. The van der Waals surface area contributed by atoms with Gasteiger partial charge in [0.05, 0.1) is 11.1 Å². The van der Waals surface area contributed by atoms with E-state index < -0.39 is 5.54 Å². The van der Waals surface area contributed by atoms with Gasteiger partial charge in [0.1, 0.15) is 0 Å². The lowest BCUT2D eigenvalue weighted by Gasteiger charge is -2.06. The first kappa shape index (κ1) is 19.0. The van der Waals surface area contributed by atoms with Crippen LogP contribution < -0.4 is 11.5 Å². The van der Waals surface area contributed by atoms with E-state index in [2.05, 4.69) is 17.8 Å². The van der Waals surface area contributed by atoms with Gasteiger partial charge in [-0.1, -0.05) is 11.8 Å². The Kier molecular flexibility index (Phi) is 10.5. The number of halogens is 1. The molecule has 2 nitrogen and oxygen atoms in total. The topological polar surface area (TPSA) is 52.0 Å². The van der Waals surface area contributed by atoms with Crippen LogP contribution in [0.4, 0.5) is 0 Å². The molecule has 0 aliphatic rings. The molecule has 4 N–H and O–H groups in total. The summed E-state index contributed by atoms with van der Waals surface area (Å²) in [5.41, 5.74) is 10.0. The summed E-state index contributed by atoms with van der Waals surface area (Å²) in [6.07, 6.45) is 4.93. The van der Waals surface area contributed by atoms with E-state index in [-0.39, 0.29) is 17.9 Å². The Morgan fingerprint density at radius 3 is 1.29 bits per heavy atom. The van der Waals surface area contributed by atoms with Gasteiger partial charge in [0.2, 0.25) is 0 Å². The third-order valence-corrected chi connectivity index (χ3v) is 0.819. The van der Waals surface area contributed by atoms with Crippen LogP contribution in [0.3, 0.4) is 0 Å². The molecule has 0 aromatic rings. The maximum atomic E-state index is 5.47. The molecule has 0 spiro atoms. The van der Waals surface area contributed by atoms with E-state index in [0.29, 0.717) is 0 Å². The van der Waals surface area contributed by atoms with Crippen LogP contribution in [0, 0.1) is 24.2 Å². The van der Waals surface area contributed by atoms with Crippen molar-refractivity contribution in [2.45, 2.75) is 45.7 Å². The lowest BCUT2D eigenvalue weighted by molar-refractivity contribution is 0.680. The third kappa shape index (κ3) is 30.2. The molecular weight excluding hydrogens is 196 g/mol.